The largest absolute Gasteiger partial charge is 0.461 e. The van der Waals surface area contributed by atoms with Crippen molar-refractivity contribution in [2.75, 3.05) is 6.54 Å². The first-order valence-electron chi connectivity index (χ1n) is 6.76. The Balaban J connectivity index is 1.98. The summed E-state index contributed by atoms with van der Waals surface area (Å²) in [6.45, 7) is 1.79. The SMILES string of the molecule is CC(=O)N1CC(c2ccc(Br)cc2)C(C(=O)c2ccco2)=N1. The van der Waals surface area contributed by atoms with Gasteiger partial charge in [-0.25, -0.2) is 5.01 Å². The average Bonchev–Trinajstić information content (AvgIpc) is 3.17. The number of ketones is 1. The van der Waals surface area contributed by atoms with Gasteiger partial charge in [0.1, 0.15) is 5.71 Å². The summed E-state index contributed by atoms with van der Waals surface area (Å²) in [5.41, 5.74) is 1.26. The van der Waals surface area contributed by atoms with E-state index in [2.05, 4.69) is 21.0 Å². The van der Waals surface area contributed by atoms with Gasteiger partial charge in [0.15, 0.2) is 5.76 Å². The molecule has 0 aliphatic carbocycles. The monoisotopic (exact) mass is 360 g/mol. The molecule has 0 fully saturated rings. The zero-order valence-electron chi connectivity index (χ0n) is 11.8. The van der Waals surface area contributed by atoms with Crippen LogP contribution in [0.4, 0.5) is 0 Å². The molecule has 0 saturated carbocycles. The number of hydrazone groups is 1. The van der Waals surface area contributed by atoms with E-state index < -0.39 is 0 Å². The molecule has 0 bridgehead atoms. The summed E-state index contributed by atoms with van der Waals surface area (Å²) in [4.78, 5) is 24.2. The van der Waals surface area contributed by atoms with Gasteiger partial charge < -0.3 is 4.42 Å². The molecule has 1 aromatic heterocycles. The summed E-state index contributed by atoms with van der Waals surface area (Å²) < 4.78 is 6.12. The zero-order chi connectivity index (χ0) is 15.7. The lowest BCUT2D eigenvalue weighted by Crippen LogP contribution is -2.24. The van der Waals surface area contributed by atoms with Crippen molar-refractivity contribution in [2.45, 2.75) is 12.8 Å². The molecular weight excluding hydrogens is 348 g/mol. The maximum atomic E-state index is 12.6. The number of halogens is 1. The molecule has 1 aromatic carbocycles. The van der Waals surface area contributed by atoms with Crippen molar-refractivity contribution >= 4 is 33.3 Å². The quantitative estimate of drug-likeness (QED) is 0.789. The van der Waals surface area contributed by atoms with E-state index in [4.69, 9.17) is 4.42 Å². The van der Waals surface area contributed by atoms with Crippen LogP contribution in [0.15, 0.2) is 56.7 Å². The second-order valence-corrected chi connectivity index (χ2v) is 5.91. The van der Waals surface area contributed by atoms with Gasteiger partial charge in [-0.3, -0.25) is 9.59 Å². The van der Waals surface area contributed by atoms with E-state index in [9.17, 15) is 9.59 Å². The van der Waals surface area contributed by atoms with Crippen molar-refractivity contribution in [1.82, 2.24) is 5.01 Å². The molecular formula is C16H13BrN2O3. The molecule has 0 spiro atoms. The zero-order valence-corrected chi connectivity index (χ0v) is 13.4. The second kappa shape index (κ2) is 5.88. The second-order valence-electron chi connectivity index (χ2n) is 5.00. The molecule has 6 heteroatoms. The molecule has 22 heavy (non-hydrogen) atoms. The molecule has 1 unspecified atom stereocenters. The fourth-order valence-electron chi connectivity index (χ4n) is 2.39. The molecule has 1 amide bonds. The van der Waals surface area contributed by atoms with Crippen LogP contribution in [-0.4, -0.2) is 29.0 Å². The van der Waals surface area contributed by atoms with Gasteiger partial charge in [0.05, 0.1) is 18.7 Å². The van der Waals surface area contributed by atoms with Gasteiger partial charge in [0.25, 0.3) is 0 Å². The standard InChI is InChI=1S/C16H13BrN2O3/c1-10(20)19-9-13(11-4-6-12(17)7-5-11)15(18-19)16(21)14-3-2-8-22-14/h2-8,13H,9H2,1H3. The van der Waals surface area contributed by atoms with Crippen LogP contribution in [0, 0.1) is 0 Å². The van der Waals surface area contributed by atoms with Crippen molar-refractivity contribution in [3.63, 3.8) is 0 Å². The van der Waals surface area contributed by atoms with Crippen LogP contribution < -0.4 is 0 Å². The average molecular weight is 361 g/mol. The fraction of sp³-hybridized carbons (Fsp3) is 0.188. The molecule has 112 valence electrons. The minimum atomic E-state index is -0.290. The third-order valence-electron chi connectivity index (χ3n) is 3.53. The predicted octanol–water partition coefficient (Wildman–Crippen LogP) is 3.23. The van der Waals surface area contributed by atoms with E-state index in [-0.39, 0.29) is 23.4 Å². The summed E-state index contributed by atoms with van der Waals surface area (Å²) in [5, 5.41) is 5.53. The van der Waals surface area contributed by atoms with Crippen LogP contribution in [0.25, 0.3) is 0 Å². The molecule has 0 radical (unpaired) electrons. The van der Waals surface area contributed by atoms with E-state index in [1.807, 2.05) is 24.3 Å². The number of amides is 1. The number of nitrogens with zero attached hydrogens (tertiary/aromatic N) is 2. The van der Waals surface area contributed by atoms with E-state index in [1.165, 1.54) is 18.2 Å². The lowest BCUT2D eigenvalue weighted by atomic mass is 9.92. The smallest absolute Gasteiger partial charge is 0.244 e. The minimum absolute atomic E-state index is 0.190. The number of hydrogen-bond donors (Lipinski definition) is 0. The normalized spacial score (nSPS) is 17.5. The van der Waals surface area contributed by atoms with Crippen LogP contribution in [0.5, 0.6) is 0 Å². The van der Waals surface area contributed by atoms with Crippen LogP contribution in [0.2, 0.25) is 0 Å². The van der Waals surface area contributed by atoms with Crippen molar-refractivity contribution in [3.8, 4) is 0 Å². The molecule has 0 N–H and O–H groups in total. The van der Waals surface area contributed by atoms with Crippen LogP contribution in [-0.2, 0) is 4.79 Å². The Morgan fingerprint density at radius 2 is 2.00 bits per heavy atom. The number of furan rings is 1. The molecule has 1 atom stereocenters. The Labute approximate surface area is 135 Å². The highest BCUT2D eigenvalue weighted by atomic mass is 79.9. The van der Waals surface area contributed by atoms with Gasteiger partial charge in [-0.15, -0.1) is 0 Å². The molecule has 2 heterocycles. The summed E-state index contributed by atoms with van der Waals surface area (Å²) in [6, 6.07) is 10.9. The van der Waals surface area contributed by atoms with Crippen LogP contribution >= 0.6 is 15.9 Å². The van der Waals surface area contributed by atoms with Gasteiger partial charge in [-0.1, -0.05) is 28.1 Å². The molecule has 5 nitrogen and oxygen atoms in total. The van der Waals surface area contributed by atoms with Gasteiger partial charge >= 0.3 is 0 Å². The molecule has 3 rings (SSSR count). The first-order valence-corrected chi connectivity index (χ1v) is 7.56. The predicted molar refractivity (Wildman–Crippen MR) is 84.7 cm³/mol. The maximum absolute atomic E-state index is 12.6. The Morgan fingerprint density at radius 1 is 1.27 bits per heavy atom. The number of carbonyl (C=O) groups is 2. The highest BCUT2D eigenvalue weighted by molar-refractivity contribution is 9.10. The Bertz CT molecular complexity index is 735. The summed E-state index contributed by atoms with van der Waals surface area (Å²) in [7, 11) is 0. The van der Waals surface area contributed by atoms with Crippen molar-refractivity contribution in [3.05, 3.63) is 58.5 Å². The molecule has 2 aromatic rings. The highest BCUT2D eigenvalue weighted by Gasteiger charge is 2.35. The van der Waals surface area contributed by atoms with Crippen molar-refractivity contribution in [1.29, 1.82) is 0 Å². The number of hydrogen-bond acceptors (Lipinski definition) is 4. The molecule has 0 saturated heterocycles. The minimum Gasteiger partial charge on any atom is -0.461 e. The topological polar surface area (TPSA) is 62.9 Å². The summed E-state index contributed by atoms with van der Waals surface area (Å²) >= 11 is 3.39. The Kier molecular flexibility index (Phi) is 3.94. The fourth-order valence-corrected chi connectivity index (χ4v) is 2.66. The van der Waals surface area contributed by atoms with Gasteiger partial charge in [-0.05, 0) is 29.8 Å². The third kappa shape index (κ3) is 2.74. The first-order chi connectivity index (χ1) is 10.6. The van der Waals surface area contributed by atoms with Gasteiger partial charge in [0, 0.05) is 11.4 Å². The van der Waals surface area contributed by atoms with Crippen molar-refractivity contribution in [2.24, 2.45) is 5.10 Å². The van der Waals surface area contributed by atoms with E-state index in [1.54, 1.807) is 12.1 Å². The Morgan fingerprint density at radius 3 is 2.59 bits per heavy atom. The number of benzene rings is 1. The lowest BCUT2D eigenvalue weighted by molar-refractivity contribution is -0.128. The highest BCUT2D eigenvalue weighted by Crippen LogP contribution is 2.28. The van der Waals surface area contributed by atoms with Crippen molar-refractivity contribution < 1.29 is 14.0 Å². The Hall–Kier alpha value is -2.21. The number of carbonyl (C=O) groups excluding carboxylic acids is 2. The van der Waals surface area contributed by atoms with E-state index in [0.29, 0.717) is 12.3 Å². The van der Waals surface area contributed by atoms with E-state index in [0.717, 1.165) is 10.0 Å². The third-order valence-corrected chi connectivity index (χ3v) is 4.06. The van der Waals surface area contributed by atoms with Crippen LogP contribution in [0.3, 0.4) is 0 Å². The lowest BCUT2D eigenvalue weighted by Gasteiger charge is -2.13. The molecule has 1 aliphatic rings. The number of rotatable bonds is 3. The molecule has 1 aliphatic heterocycles. The first kappa shape index (κ1) is 14.7. The van der Waals surface area contributed by atoms with E-state index >= 15 is 0 Å². The maximum Gasteiger partial charge on any atom is 0.244 e. The van der Waals surface area contributed by atoms with Gasteiger partial charge in [-0.2, -0.15) is 5.10 Å². The van der Waals surface area contributed by atoms with Gasteiger partial charge in [0.2, 0.25) is 11.7 Å². The number of Topliss-reactive ketones (excluding diaryl/α,β-unsaturated/α-hetero) is 1. The summed E-state index contributed by atoms with van der Waals surface area (Å²) in [6.07, 6.45) is 1.44. The summed E-state index contributed by atoms with van der Waals surface area (Å²) in [5.74, 6) is -0.508. The van der Waals surface area contributed by atoms with Crippen LogP contribution in [0.1, 0.15) is 29.0 Å².